The van der Waals surface area contributed by atoms with Crippen LogP contribution in [0, 0.1) is 0 Å². The van der Waals surface area contributed by atoms with Gasteiger partial charge < -0.3 is 15.0 Å². The van der Waals surface area contributed by atoms with E-state index >= 15 is 0 Å². The van der Waals surface area contributed by atoms with E-state index < -0.39 is 15.9 Å². The number of rotatable bonds is 7. The Labute approximate surface area is 218 Å². The number of nitrogens with zero attached hydrogens (tertiary/aromatic N) is 3. The second-order valence-electron chi connectivity index (χ2n) is 9.21. The number of fused-ring (bicyclic) bond motifs is 2. The van der Waals surface area contributed by atoms with Gasteiger partial charge in [0, 0.05) is 51.9 Å². The molecule has 1 fully saturated rings. The molecule has 0 saturated carbocycles. The van der Waals surface area contributed by atoms with Gasteiger partial charge in [0.15, 0.2) is 5.75 Å². The van der Waals surface area contributed by atoms with Crippen molar-refractivity contribution in [1.82, 2.24) is 9.21 Å². The SMILES string of the molecule is CCN(CC)S(=O)(=O)c1cc2c(cc1N1CCN(Cc3ccccc3)CC1)Oc1ccccc1NC2=O. The van der Waals surface area contributed by atoms with E-state index in [0.29, 0.717) is 49.1 Å². The van der Waals surface area contributed by atoms with Crippen LogP contribution in [0.2, 0.25) is 0 Å². The van der Waals surface area contributed by atoms with Crippen molar-refractivity contribution < 1.29 is 17.9 Å². The van der Waals surface area contributed by atoms with Gasteiger partial charge in [-0.05, 0) is 23.8 Å². The molecule has 3 aromatic rings. The molecule has 5 rings (SSSR count). The fourth-order valence-corrected chi connectivity index (χ4v) is 6.60. The monoisotopic (exact) mass is 520 g/mol. The Hall–Kier alpha value is -3.40. The average molecular weight is 521 g/mol. The molecule has 8 nitrogen and oxygen atoms in total. The molecule has 1 saturated heterocycles. The largest absolute Gasteiger partial charge is 0.454 e. The summed E-state index contributed by atoms with van der Waals surface area (Å²) in [6.45, 7) is 8.08. The van der Waals surface area contributed by atoms with Gasteiger partial charge in [-0.1, -0.05) is 56.3 Å². The van der Waals surface area contributed by atoms with Gasteiger partial charge in [0.25, 0.3) is 5.91 Å². The maximum Gasteiger partial charge on any atom is 0.259 e. The summed E-state index contributed by atoms with van der Waals surface area (Å²) in [7, 11) is -3.84. The molecular formula is C28H32N4O4S. The molecule has 194 valence electrons. The van der Waals surface area contributed by atoms with Crippen LogP contribution in [0.3, 0.4) is 0 Å². The number of hydrogen-bond acceptors (Lipinski definition) is 6. The van der Waals surface area contributed by atoms with Crippen molar-refractivity contribution in [2.24, 2.45) is 0 Å². The maximum atomic E-state index is 13.8. The predicted octanol–water partition coefficient (Wildman–Crippen LogP) is 4.40. The lowest BCUT2D eigenvalue weighted by Crippen LogP contribution is -2.46. The molecule has 0 atom stereocenters. The van der Waals surface area contributed by atoms with E-state index in [2.05, 4.69) is 27.2 Å². The quantitative estimate of drug-likeness (QED) is 0.497. The van der Waals surface area contributed by atoms with E-state index in [1.54, 1.807) is 18.2 Å². The number of carbonyl (C=O) groups excluding carboxylic acids is 1. The summed E-state index contributed by atoms with van der Waals surface area (Å²) in [6.07, 6.45) is 0. The topological polar surface area (TPSA) is 82.2 Å². The first-order valence-corrected chi connectivity index (χ1v) is 14.1. The highest BCUT2D eigenvalue weighted by atomic mass is 32.2. The highest BCUT2D eigenvalue weighted by Crippen LogP contribution is 2.41. The number of benzene rings is 3. The van der Waals surface area contributed by atoms with Crippen LogP contribution in [0.1, 0.15) is 29.8 Å². The highest BCUT2D eigenvalue weighted by molar-refractivity contribution is 7.89. The second kappa shape index (κ2) is 10.5. The van der Waals surface area contributed by atoms with Gasteiger partial charge in [-0.25, -0.2) is 8.42 Å². The van der Waals surface area contributed by atoms with Gasteiger partial charge in [-0.2, -0.15) is 4.31 Å². The van der Waals surface area contributed by atoms with Crippen LogP contribution in [0.15, 0.2) is 71.6 Å². The number of nitrogens with one attached hydrogen (secondary N) is 1. The molecular weight excluding hydrogens is 488 g/mol. The molecule has 0 spiro atoms. The maximum absolute atomic E-state index is 13.8. The Morgan fingerprint density at radius 2 is 1.57 bits per heavy atom. The van der Waals surface area contributed by atoms with E-state index in [9.17, 15) is 13.2 Å². The first-order valence-electron chi connectivity index (χ1n) is 12.7. The number of carbonyl (C=O) groups is 1. The van der Waals surface area contributed by atoms with Crippen LogP contribution in [0.5, 0.6) is 11.5 Å². The molecule has 2 aliphatic heterocycles. The lowest BCUT2D eigenvalue weighted by molar-refractivity contribution is 0.102. The fraction of sp³-hybridized carbons (Fsp3) is 0.321. The predicted molar refractivity (Wildman–Crippen MR) is 145 cm³/mol. The van der Waals surface area contributed by atoms with E-state index in [-0.39, 0.29) is 10.5 Å². The smallest absolute Gasteiger partial charge is 0.259 e. The molecule has 1 amide bonds. The Balaban J connectivity index is 1.51. The van der Waals surface area contributed by atoms with Crippen LogP contribution in [0.25, 0.3) is 0 Å². The number of ether oxygens (including phenoxy) is 1. The summed E-state index contributed by atoms with van der Waals surface area (Å²) in [4.78, 5) is 17.7. The van der Waals surface area contributed by atoms with Crippen LogP contribution in [-0.2, 0) is 16.6 Å². The molecule has 0 radical (unpaired) electrons. The third-order valence-corrected chi connectivity index (χ3v) is 9.03. The molecule has 2 heterocycles. The van der Waals surface area contributed by atoms with Gasteiger partial charge in [0.1, 0.15) is 10.6 Å². The van der Waals surface area contributed by atoms with Crippen molar-refractivity contribution in [1.29, 1.82) is 0 Å². The standard InChI is InChI=1S/C28H32N4O4S/c1-3-32(4-2)37(34,35)27-18-22-26(36-25-13-9-8-12-23(25)29-28(22)33)19-24(27)31-16-14-30(15-17-31)20-21-10-6-5-7-11-21/h5-13,18-19H,3-4,14-17,20H2,1-2H3,(H,29,33). The Kier molecular flexibility index (Phi) is 7.19. The molecule has 0 aromatic heterocycles. The number of hydrogen-bond donors (Lipinski definition) is 1. The first kappa shape index (κ1) is 25.3. The third kappa shape index (κ3) is 5.07. The summed E-state index contributed by atoms with van der Waals surface area (Å²) in [5, 5.41) is 2.85. The van der Waals surface area contributed by atoms with Gasteiger partial charge in [-0.15, -0.1) is 0 Å². The van der Waals surface area contributed by atoms with E-state index in [4.69, 9.17) is 4.74 Å². The van der Waals surface area contributed by atoms with Gasteiger partial charge in [0.2, 0.25) is 10.0 Å². The summed E-state index contributed by atoms with van der Waals surface area (Å²) in [5.41, 5.74) is 2.57. The average Bonchev–Trinajstić information content (AvgIpc) is 3.05. The highest BCUT2D eigenvalue weighted by Gasteiger charge is 2.33. The molecule has 3 aromatic carbocycles. The summed E-state index contributed by atoms with van der Waals surface area (Å²) in [5.74, 6) is 0.477. The van der Waals surface area contributed by atoms with Crippen molar-refractivity contribution >= 4 is 27.3 Å². The molecule has 0 aliphatic carbocycles. The normalized spacial score (nSPS) is 16.0. The van der Waals surface area contributed by atoms with Crippen molar-refractivity contribution in [2.45, 2.75) is 25.3 Å². The Morgan fingerprint density at radius 3 is 2.27 bits per heavy atom. The fourth-order valence-electron chi connectivity index (χ4n) is 4.92. The zero-order valence-corrected chi connectivity index (χ0v) is 22.0. The number of sulfonamides is 1. The summed E-state index contributed by atoms with van der Waals surface area (Å²) < 4.78 is 35.1. The van der Waals surface area contributed by atoms with E-state index in [1.807, 2.05) is 44.2 Å². The zero-order chi connectivity index (χ0) is 26.0. The minimum atomic E-state index is -3.84. The van der Waals surface area contributed by atoms with E-state index in [0.717, 1.165) is 19.6 Å². The van der Waals surface area contributed by atoms with Crippen LogP contribution in [-0.4, -0.2) is 62.8 Å². The van der Waals surface area contributed by atoms with Gasteiger partial charge >= 0.3 is 0 Å². The van der Waals surface area contributed by atoms with Gasteiger partial charge in [0.05, 0.1) is 16.9 Å². The number of piperazine rings is 1. The third-order valence-electron chi connectivity index (χ3n) is 6.95. The summed E-state index contributed by atoms with van der Waals surface area (Å²) >= 11 is 0. The van der Waals surface area contributed by atoms with Crippen LogP contribution < -0.4 is 15.0 Å². The van der Waals surface area contributed by atoms with Crippen molar-refractivity contribution in [3.63, 3.8) is 0 Å². The van der Waals surface area contributed by atoms with E-state index in [1.165, 1.54) is 15.9 Å². The lowest BCUT2D eigenvalue weighted by atomic mass is 10.1. The first-order chi connectivity index (χ1) is 17.9. The minimum Gasteiger partial charge on any atom is -0.454 e. The molecule has 9 heteroatoms. The molecule has 0 bridgehead atoms. The number of amides is 1. The van der Waals surface area contributed by atoms with Crippen molar-refractivity contribution in [2.75, 3.05) is 49.5 Å². The molecule has 0 unspecified atom stereocenters. The minimum absolute atomic E-state index is 0.135. The van der Waals surface area contributed by atoms with Crippen molar-refractivity contribution in [3.05, 3.63) is 77.9 Å². The number of anilines is 2. The molecule has 37 heavy (non-hydrogen) atoms. The lowest BCUT2D eigenvalue weighted by Gasteiger charge is -2.37. The molecule has 1 N–H and O–H groups in total. The number of para-hydroxylation sites is 2. The Morgan fingerprint density at radius 1 is 0.892 bits per heavy atom. The second-order valence-corrected chi connectivity index (χ2v) is 11.1. The summed E-state index contributed by atoms with van der Waals surface area (Å²) in [6, 6.07) is 20.7. The van der Waals surface area contributed by atoms with Crippen LogP contribution >= 0.6 is 0 Å². The van der Waals surface area contributed by atoms with Crippen LogP contribution in [0.4, 0.5) is 11.4 Å². The Bertz CT molecular complexity index is 1380. The zero-order valence-electron chi connectivity index (χ0n) is 21.2. The van der Waals surface area contributed by atoms with Crippen molar-refractivity contribution in [3.8, 4) is 11.5 Å². The molecule has 2 aliphatic rings. The van der Waals surface area contributed by atoms with Gasteiger partial charge in [-0.3, -0.25) is 9.69 Å².